The fourth-order valence-electron chi connectivity index (χ4n) is 2.90. The Kier molecular flexibility index (Phi) is 7.45. The summed E-state index contributed by atoms with van der Waals surface area (Å²) < 4.78 is 76.4. The Morgan fingerprint density at radius 3 is 1.59 bits per heavy atom. The molecule has 15 heteroatoms. The molecule has 194 valence electrons. The van der Waals surface area contributed by atoms with Gasteiger partial charge in [-0.25, -0.2) is 24.1 Å². The quantitative estimate of drug-likeness (QED) is 0.303. The van der Waals surface area contributed by atoms with E-state index < -0.39 is 29.7 Å². The maximum Gasteiger partial charge on any atom is 0.433 e. The maximum atomic E-state index is 12.3. The van der Waals surface area contributed by atoms with E-state index in [1.165, 1.54) is 40.8 Å². The molecular formula is C22H16F6N6O3. The summed E-state index contributed by atoms with van der Waals surface area (Å²) in [6.07, 6.45) is -3.63. The predicted molar refractivity (Wildman–Crippen MR) is 115 cm³/mol. The molecule has 0 aliphatic carbocycles. The first-order chi connectivity index (χ1) is 17.2. The summed E-state index contributed by atoms with van der Waals surface area (Å²) in [7, 11) is 0. The van der Waals surface area contributed by atoms with E-state index in [0.29, 0.717) is 23.2 Å². The summed E-state index contributed by atoms with van der Waals surface area (Å²) in [5, 5.41) is 16.8. The average Bonchev–Trinajstić information content (AvgIpc) is 3.41. The number of pyridine rings is 2. The number of aromatic nitrogens is 6. The lowest BCUT2D eigenvalue weighted by Crippen LogP contribution is -2.08. The lowest BCUT2D eigenvalue weighted by Gasteiger charge is -2.06. The smallest absolute Gasteiger partial charge is 0.433 e. The Bertz CT molecular complexity index is 1410. The van der Waals surface area contributed by atoms with E-state index >= 15 is 0 Å². The molecule has 4 heterocycles. The van der Waals surface area contributed by atoms with Crippen LogP contribution in [-0.2, 0) is 12.4 Å². The van der Waals surface area contributed by atoms with Crippen molar-refractivity contribution in [1.82, 2.24) is 29.5 Å². The van der Waals surface area contributed by atoms with Crippen LogP contribution >= 0.6 is 0 Å². The molecule has 4 aromatic heterocycles. The fraction of sp³-hybridized carbons (Fsp3) is 0.182. The molecule has 0 spiro atoms. The number of carbonyl (C=O) groups excluding carboxylic acids is 1. The zero-order valence-corrected chi connectivity index (χ0v) is 18.9. The number of carbonyl (C=O) groups is 2. The lowest BCUT2D eigenvalue weighted by atomic mass is 10.3. The van der Waals surface area contributed by atoms with Crippen molar-refractivity contribution in [3.05, 3.63) is 83.0 Å². The number of carboxylic acid groups (broad SMARTS) is 1. The number of rotatable bonds is 4. The van der Waals surface area contributed by atoms with Crippen LogP contribution in [0.2, 0.25) is 0 Å². The number of aryl methyl sites for hydroxylation is 2. The Balaban J connectivity index is 0.000000206. The van der Waals surface area contributed by atoms with Gasteiger partial charge in [0.2, 0.25) is 0 Å². The first-order valence-electron chi connectivity index (χ1n) is 10.1. The van der Waals surface area contributed by atoms with Crippen molar-refractivity contribution < 1.29 is 41.0 Å². The van der Waals surface area contributed by atoms with Gasteiger partial charge in [0.05, 0.1) is 40.7 Å². The number of halogens is 6. The van der Waals surface area contributed by atoms with E-state index in [2.05, 4.69) is 20.2 Å². The minimum Gasteiger partial charge on any atom is -0.478 e. The molecule has 37 heavy (non-hydrogen) atoms. The standard InChI is InChI=1S/C11H8F3N3O2.C11H8F3N3O/c1-6-8(10(18)19)5-17(16-6)7-2-3-9(15-4-7)11(12,13)14;1-7-8(6-18)5-17(16-7)9-2-3-10(15-4-9)11(12,13)14/h2-5H,1H3,(H,18,19);2-6H,1H3. The number of hydrogen-bond acceptors (Lipinski definition) is 6. The van der Waals surface area contributed by atoms with Gasteiger partial charge in [0.1, 0.15) is 17.0 Å². The van der Waals surface area contributed by atoms with Gasteiger partial charge in [-0.05, 0) is 38.1 Å². The molecule has 0 amide bonds. The van der Waals surface area contributed by atoms with Gasteiger partial charge in [0.15, 0.2) is 6.29 Å². The molecule has 0 atom stereocenters. The summed E-state index contributed by atoms with van der Waals surface area (Å²) in [6.45, 7) is 3.13. The van der Waals surface area contributed by atoms with Crippen LogP contribution in [0.5, 0.6) is 0 Å². The normalized spacial score (nSPS) is 11.6. The largest absolute Gasteiger partial charge is 0.478 e. The summed E-state index contributed by atoms with van der Waals surface area (Å²) in [6, 6.07) is 4.10. The van der Waals surface area contributed by atoms with Gasteiger partial charge in [-0.15, -0.1) is 0 Å². The first-order valence-corrected chi connectivity index (χ1v) is 10.1. The van der Waals surface area contributed by atoms with Crippen LogP contribution in [0.4, 0.5) is 26.3 Å². The topological polar surface area (TPSA) is 116 Å². The second kappa shape index (κ2) is 10.2. The minimum atomic E-state index is -4.51. The highest BCUT2D eigenvalue weighted by atomic mass is 19.4. The highest BCUT2D eigenvalue weighted by Gasteiger charge is 2.33. The predicted octanol–water partition coefficient (Wildman–Crippen LogP) is 4.70. The van der Waals surface area contributed by atoms with Crippen LogP contribution in [0, 0.1) is 13.8 Å². The van der Waals surface area contributed by atoms with Crippen molar-refractivity contribution in [2.75, 3.05) is 0 Å². The number of carboxylic acids is 1. The molecular weight excluding hydrogens is 510 g/mol. The Morgan fingerprint density at radius 1 is 0.811 bits per heavy atom. The van der Waals surface area contributed by atoms with Gasteiger partial charge >= 0.3 is 18.3 Å². The van der Waals surface area contributed by atoms with E-state index in [-0.39, 0.29) is 16.9 Å². The van der Waals surface area contributed by atoms with Crippen LogP contribution in [0.1, 0.15) is 43.5 Å². The second-order valence-electron chi connectivity index (χ2n) is 7.41. The molecule has 4 aromatic rings. The molecule has 0 radical (unpaired) electrons. The van der Waals surface area contributed by atoms with Crippen molar-refractivity contribution >= 4 is 12.3 Å². The lowest BCUT2D eigenvalue weighted by molar-refractivity contribution is -0.141. The van der Waals surface area contributed by atoms with E-state index in [4.69, 9.17) is 5.11 Å². The molecule has 4 rings (SSSR count). The van der Waals surface area contributed by atoms with Crippen molar-refractivity contribution in [3.8, 4) is 11.4 Å². The Morgan fingerprint density at radius 2 is 1.27 bits per heavy atom. The second-order valence-corrected chi connectivity index (χ2v) is 7.41. The molecule has 0 fully saturated rings. The maximum absolute atomic E-state index is 12.3. The van der Waals surface area contributed by atoms with Crippen LogP contribution in [0.25, 0.3) is 11.4 Å². The number of alkyl halides is 6. The summed E-state index contributed by atoms with van der Waals surface area (Å²) in [5.41, 5.74) is -0.223. The van der Waals surface area contributed by atoms with E-state index in [1.807, 2.05) is 0 Å². The minimum absolute atomic E-state index is 0.0140. The summed E-state index contributed by atoms with van der Waals surface area (Å²) >= 11 is 0. The van der Waals surface area contributed by atoms with Crippen molar-refractivity contribution in [2.45, 2.75) is 26.2 Å². The van der Waals surface area contributed by atoms with Crippen LogP contribution in [-0.4, -0.2) is 46.9 Å². The van der Waals surface area contributed by atoms with Crippen molar-refractivity contribution in [1.29, 1.82) is 0 Å². The highest BCUT2D eigenvalue weighted by Crippen LogP contribution is 2.28. The van der Waals surface area contributed by atoms with Crippen molar-refractivity contribution in [2.24, 2.45) is 0 Å². The zero-order chi connectivity index (χ0) is 27.5. The van der Waals surface area contributed by atoms with Crippen molar-refractivity contribution in [3.63, 3.8) is 0 Å². The molecule has 0 saturated carbocycles. The third kappa shape index (κ3) is 6.36. The third-order valence-corrected chi connectivity index (χ3v) is 4.80. The average molecular weight is 526 g/mol. The number of aldehydes is 1. The molecule has 0 unspecified atom stereocenters. The summed E-state index contributed by atoms with van der Waals surface area (Å²) in [5.74, 6) is -1.15. The van der Waals surface area contributed by atoms with Crippen LogP contribution < -0.4 is 0 Å². The molecule has 0 saturated heterocycles. The zero-order valence-electron chi connectivity index (χ0n) is 18.9. The van der Waals surface area contributed by atoms with Crippen LogP contribution in [0.3, 0.4) is 0 Å². The Hall–Kier alpha value is -4.56. The Labute approximate surface area is 204 Å². The summed E-state index contributed by atoms with van der Waals surface area (Å²) in [4.78, 5) is 28.1. The van der Waals surface area contributed by atoms with Gasteiger partial charge in [0.25, 0.3) is 0 Å². The number of hydrogen-bond donors (Lipinski definition) is 1. The van der Waals surface area contributed by atoms with Gasteiger partial charge in [-0.1, -0.05) is 0 Å². The molecule has 0 aliphatic rings. The number of nitrogens with zero attached hydrogens (tertiary/aromatic N) is 6. The molecule has 0 aliphatic heterocycles. The molecule has 0 bridgehead atoms. The first kappa shape index (κ1) is 27.0. The van der Waals surface area contributed by atoms with Gasteiger partial charge in [-0.3, -0.25) is 4.79 Å². The van der Waals surface area contributed by atoms with Gasteiger partial charge in [0, 0.05) is 12.4 Å². The molecule has 9 nitrogen and oxygen atoms in total. The fourth-order valence-corrected chi connectivity index (χ4v) is 2.90. The van der Waals surface area contributed by atoms with E-state index in [1.54, 1.807) is 6.92 Å². The van der Waals surface area contributed by atoms with Gasteiger partial charge in [-0.2, -0.15) is 36.5 Å². The number of aromatic carboxylic acids is 1. The van der Waals surface area contributed by atoms with Crippen LogP contribution in [0.15, 0.2) is 49.1 Å². The molecule has 1 N–H and O–H groups in total. The van der Waals surface area contributed by atoms with E-state index in [0.717, 1.165) is 24.5 Å². The highest BCUT2D eigenvalue weighted by molar-refractivity contribution is 5.88. The van der Waals surface area contributed by atoms with E-state index in [9.17, 15) is 35.9 Å². The van der Waals surface area contributed by atoms with Gasteiger partial charge < -0.3 is 5.11 Å². The third-order valence-electron chi connectivity index (χ3n) is 4.80. The SMILES string of the molecule is Cc1nn(-c2ccc(C(F)(F)F)nc2)cc1C(=O)O.Cc1nn(-c2ccc(C(F)(F)F)nc2)cc1C=O. The monoisotopic (exact) mass is 526 g/mol. The molecule has 0 aromatic carbocycles.